The van der Waals surface area contributed by atoms with Gasteiger partial charge in [-0.1, -0.05) is 0 Å². The third-order valence-corrected chi connectivity index (χ3v) is 8.81. The first-order chi connectivity index (χ1) is 12.0. The highest BCUT2D eigenvalue weighted by Gasteiger charge is 2.51. The Morgan fingerprint density at radius 3 is 2.48 bits per heavy atom. The van der Waals surface area contributed by atoms with Gasteiger partial charge in [-0.05, 0) is 80.7 Å². The molecular weight excluding hydrogens is 358 g/mol. The lowest BCUT2D eigenvalue weighted by atomic mass is 9.80. The lowest BCUT2D eigenvalue weighted by Crippen LogP contribution is -2.41. The van der Waals surface area contributed by atoms with Crippen LogP contribution < -0.4 is 10.1 Å². The second kappa shape index (κ2) is 6.75. The molecule has 1 aromatic rings. The SMILES string of the molecule is O=S(=O)(c1ccc(OCCC2(C3CCNCC3Cl)CC2)cc1)C1CC1. The van der Waals surface area contributed by atoms with E-state index in [4.69, 9.17) is 16.3 Å². The van der Waals surface area contributed by atoms with E-state index in [1.165, 1.54) is 12.8 Å². The highest BCUT2D eigenvalue weighted by atomic mass is 35.5. The maximum Gasteiger partial charge on any atom is 0.181 e. The van der Waals surface area contributed by atoms with Crippen molar-refractivity contribution in [2.45, 2.75) is 54.0 Å². The maximum absolute atomic E-state index is 12.2. The second-order valence-electron chi connectivity index (χ2n) is 7.79. The Bertz CT molecular complexity index is 711. The molecule has 1 N–H and O–H groups in total. The zero-order chi connectivity index (χ0) is 17.5. The minimum absolute atomic E-state index is 0.164. The fourth-order valence-corrected chi connectivity index (χ4v) is 6.31. The fraction of sp³-hybridized carbons (Fsp3) is 0.684. The lowest BCUT2D eigenvalue weighted by Gasteiger charge is -2.34. The molecule has 1 aromatic carbocycles. The minimum atomic E-state index is -3.11. The number of alkyl halides is 1. The molecule has 3 aliphatic rings. The number of sulfone groups is 1. The topological polar surface area (TPSA) is 55.4 Å². The van der Waals surface area contributed by atoms with Crippen molar-refractivity contribution in [1.29, 1.82) is 0 Å². The normalized spacial score (nSPS) is 28.5. The third kappa shape index (κ3) is 3.69. The summed E-state index contributed by atoms with van der Waals surface area (Å²) in [5.74, 6) is 1.34. The minimum Gasteiger partial charge on any atom is -0.494 e. The van der Waals surface area contributed by atoms with E-state index in [-0.39, 0.29) is 10.6 Å². The summed E-state index contributed by atoms with van der Waals surface area (Å²) in [6, 6.07) is 6.92. The molecule has 2 saturated carbocycles. The highest BCUT2D eigenvalue weighted by molar-refractivity contribution is 7.92. The average molecular weight is 384 g/mol. The van der Waals surface area contributed by atoms with Gasteiger partial charge in [0.1, 0.15) is 5.75 Å². The molecule has 0 radical (unpaired) electrons. The van der Waals surface area contributed by atoms with Crippen molar-refractivity contribution in [2.75, 3.05) is 19.7 Å². The summed E-state index contributed by atoms with van der Waals surface area (Å²) in [4.78, 5) is 0.417. The van der Waals surface area contributed by atoms with Crippen LogP contribution in [-0.4, -0.2) is 38.7 Å². The molecule has 6 heteroatoms. The van der Waals surface area contributed by atoms with Gasteiger partial charge in [0.25, 0.3) is 0 Å². The molecule has 0 bridgehead atoms. The van der Waals surface area contributed by atoms with Crippen LogP contribution in [0.1, 0.15) is 38.5 Å². The Hall–Kier alpha value is -0.780. The Kier molecular flexibility index (Phi) is 4.76. The number of ether oxygens (including phenoxy) is 1. The summed E-state index contributed by atoms with van der Waals surface area (Å²) in [6.07, 6.45) is 6.28. The van der Waals surface area contributed by atoms with Gasteiger partial charge in [-0.15, -0.1) is 11.6 Å². The van der Waals surface area contributed by atoms with Crippen LogP contribution >= 0.6 is 11.6 Å². The van der Waals surface area contributed by atoms with Crippen molar-refractivity contribution < 1.29 is 13.2 Å². The molecule has 2 atom stereocenters. The molecule has 1 aliphatic heterocycles. The van der Waals surface area contributed by atoms with Crippen LogP contribution in [0.25, 0.3) is 0 Å². The summed E-state index contributed by atoms with van der Waals surface area (Å²) >= 11 is 6.53. The first kappa shape index (κ1) is 17.6. The van der Waals surface area contributed by atoms with Gasteiger partial charge >= 0.3 is 0 Å². The van der Waals surface area contributed by atoms with Crippen LogP contribution in [0.2, 0.25) is 0 Å². The van der Waals surface area contributed by atoms with Crippen molar-refractivity contribution in [3.05, 3.63) is 24.3 Å². The number of hydrogen-bond acceptors (Lipinski definition) is 4. The van der Waals surface area contributed by atoms with Crippen molar-refractivity contribution in [3.8, 4) is 5.75 Å². The van der Waals surface area contributed by atoms with Gasteiger partial charge in [0.2, 0.25) is 0 Å². The second-order valence-corrected chi connectivity index (χ2v) is 10.6. The van der Waals surface area contributed by atoms with Crippen LogP contribution in [-0.2, 0) is 9.84 Å². The van der Waals surface area contributed by atoms with Gasteiger partial charge in [0.15, 0.2) is 9.84 Å². The first-order valence-electron chi connectivity index (χ1n) is 9.33. The van der Waals surface area contributed by atoms with E-state index in [0.717, 1.165) is 44.5 Å². The van der Waals surface area contributed by atoms with Crippen LogP contribution in [0.15, 0.2) is 29.2 Å². The van der Waals surface area contributed by atoms with Crippen LogP contribution in [0.3, 0.4) is 0 Å². The summed E-state index contributed by atoms with van der Waals surface area (Å²) in [6.45, 7) is 2.64. The maximum atomic E-state index is 12.2. The van der Waals surface area contributed by atoms with Gasteiger partial charge in [-0.2, -0.15) is 0 Å². The smallest absolute Gasteiger partial charge is 0.181 e. The molecule has 4 rings (SSSR count). The van der Waals surface area contributed by atoms with Crippen molar-refractivity contribution in [2.24, 2.45) is 11.3 Å². The largest absolute Gasteiger partial charge is 0.494 e. The Morgan fingerprint density at radius 2 is 1.88 bits per heavy atom. The van der Waals surface area contributed by atoms with Gasteiger partial charge in [-0.3, -0.25) is 0 Å². The molecule has 3 fully saturated rings. The zero-order valence-electron chi connectivity index (χ0n) is 14.4. The molecule has 138 valence electrons. The molecule has 2 aliphatic carbocycles. The third-order valence-electron chi connectivity index (χ3n) is 6.07. The average Bonchev–Trinajstić information content (AvgIpc) is 3.50. The van der Waals surface area contributed by atoms with E-state index in [9.17, 15) is 8.42 Å². The number of rotatable bonds is 7. The Morgan fingerprint density at radius 1 is 1.16 bits per heavy atom. The zero-order valence-corrected chi connectivity index (χ0v) is 16.0. The number of piperidine rings is 1. The molecule has 25 heavy (non-hydrogen) atoms. The van der Waals surface area contributed by atoms with Gasteiger partial charge in [0, 0.05) is 11.9 Å². The van der Waals surface area contributed by atoms with Crippen LogP contribution in [0, 0.1) is 11.3 Å². The molecule has 2 unspecified atom stereocenters. The van der Waals surface area contributed by atoms with E-state index in [1.807, 2.05) is 0 Å². The summed E-state index contributed by atoms with van der Waals surface area (Å²) < 4.78 is 30.3. The number of benzene rings is 1. The lowest BCUT2D eigenvalue weighted by molar-refractivity contribution is 0.188. The Balaban J connectivity index is 1.31. The predicted octanol–water partition coefficient (Wildman–Crippen LogP) is 3.39. The fourth-order valence-electron chi connectivity index (χ4n) is 4.15. The quantitative estimate of drug-likeness (QED) is 0.733. The molecule has 0 amide bonds. The van der Waals surface area contributed by atoms with Crippen LogP contribution in [0.5, 0.6) is 5.75 Å². The Labute approximate surface area is 155 Å². The molecule has 0 aromatic heterocycles. The number of halogens is 1. The summed E-state index contributed by atoms with van der Waals surface area (Å²) in [5.41, 5.74) is 0.365. The first-order valence-corrected chi connectivity index (χ1v) is 11.3. The molecule has 1 saturated heterocycles. The molecular formula is C19H26ClNO3S. The van der Waals surface area contributed by atoms with Crippen molar-refractivity contribution in [3.63, 3.8) is 0 Å². The van der Waals surface area contributed by atoms with Crippen molar-refractivity contribution >= 4 is 21.4 Å². The number of nitrogens with one attached hydrogen (secondary N) is 1. The van der Waals surface area contributed by atoms with E-state index < -0.39 is 9.84 Å². The van der Waals surface area contributed by atoms with E-state index in [2.05, 4.69) is 5.32 Å². The predicted molar refractivity (Wildman–Crippen MR) is 99.0 cm³/mol. The highest BCUT2D eigenvalue weighted by Crippen LogP contribution is 2.58. The van der Waals surface area contributed by atoms with E-state index >= 15 is 0 Å². The standard InChI is InChI=1S/C19H26ClNO3S/c20-18-13-21-11-7-17(18)19(8-9-19)10-12-24-14-1-3-15(4-2-14)25(22,23)16-5-6-16/h1-4,16-18,21H,5-13H2. The summed E-state index contributed by atoms with van der Waals surface area (Å²) in [5, 5.41) is 3.42. The van der Waals surface area contributed by atoms with E-state index in [1.54, 1.807) is 24.3 Å². The molecule has 4 nitrogen and oxygen atoms in total. The van der Waals surface area contributed by atoms with Crippen molar-refractivity contribution in [1.82, 2.24) is 5.32 Å². The van der Waals surface area contributed by atoms with Gasteiger partial charge < -0.3 is 10.1 Å². The molecule has 1 heterocycles. The molecule has 0 spiro atoms. The monoisotopic (exact) mass is 383 g/mol. The number of hydrogen-bond donors (Lipinski definition) is 1. The van der Waals surface area contributed by atoms with Gasteiger partial charge in [0.05, 0.1) is 16.8 Å². The van der Waals surface area contributed by atoms with Crippen LogP contribution in [0.4, 0.5) is 0 Å². The van der Waals surface area contributed by atoms with E-state index in [0.29, 0.717) is 22.8 Å². The van der Waals surface area contributed by atoms with Gasteiger partial charge in [-0.25, -0.2) is 8.42 Å². The summed E-state index contributed by atoms with van der Waals surface area (Å²) in [7, 11) is -3.11.